The van der Waals surface area contributed by atoms with Crippen LogP contribution in [0.25, 0.3) is 11.1 Å². The normalized spacial score (nSPS) is 25.8. The average molecular weight is 411 g/mol. The first kappa shape index (κ1) is 19.4. The van der Waals surface area contributed by atoms with Gasteiger partial charge in [0.15, 0.2) is 0 Å². The summed E-state index contributed by atoms with van der Waals surface area (Å²) in [5, 5.41) is 8.03. The number of hydrogen-bond acceptors (Lipinski definition) is 5. The third-order valence-corrected chi connectivity index (χ3v) is 6.93. The number of hydrogen-bond donors (Lipinski definition) is 1. The molecule has 1 saturated carbocycles. The summed E-state index contributed by atoms with van der Waals surface area (Å²) in [5.74, 6) is 0.914. The van der Waals surface area contributed by atoms with Crippen LogP contribution in [0.4, 0.5) is 10.5 Å². The van der Waals surface area contributed by atoms with E-state index in [0.29, 0.717) is 12.1 Å². The lowest BCUT2D eigenvalue weighted by Gasteiger charge is -2.37. The van der Waals surface area contributed by atoms with Gasteiger partial charge in [0.25, 0.3) is 0 Å². The average Bonchev–Trinajstić information content (AvgIpc) is 3.17. The summed E-state index contributed by atoms with van der Waals surface area (Å²) < 4.78 is 13.7. The molecule has 1 N–H and O–H groups in total. The van der Waals surface area contributed by atoms with Crippen LogP contribution in [0.1, 0.15) is 51.1 Å². The molecule has 3 heterocycles. The Bertz CT molecular complexity index is 952. The Morgan fingerprint density at radius 3 is 2.70 bits per heavy atom. The van der Waals surface area contributed by atoms with E-state index in [0.717, 1.165) is 60.4 Å². The number of carbonyl (C=O) groups excluding carboxylic acids is 1. The van der Waals surface area contributed by atoms with Gasteiger partial charge in [0.2, 0.25) is 0 Å². The third-order valence-electron chi connectivity index (χ3n) is 6.93. The van der Waals surface area contributed by atoms with Crippen molar-refractivity contribution in [2.45, 2.75) is 70.2 Å². The maximum Gasteiger partial charge on any atom is 0.414 e. The highest BCUT2D eigenvalue weighted by molar-refractivity contribution is 5.92. The standard InChI is InChI=1S/C23H30N4O3/c1-14-7-8-19-20(27(14)23(28)29-3)10-9-18(22(19)30-17-5-4-6-17)16-11-25-26(13-16)21-12-24-15(21)2/h9-11,13-15,17,21,24H,4-8,12H2,1-3H3. The molecule has 160 valence electrons. The molecule has 5 rings (SSSR count). The quantitative estimate of drug-likeness (QED) is 0.827. The molecule has 7 heteroatoms. The van der Waals surface area contributed by atoms with E-state index in [4.69, 9.17) is 9.47 Å². The Morgan fingerprint density at radius 2 is 2.07 bits per heavy atom. The Labute approximate surface area is 177 Å². The van der Waals surface area contributed by atoms with Crippen molar-refractivity contribution in [2.24, 2.45) is 0 Å². The van der Waals surface area contributed by atoms with Gasteiger partial charge < -0.3 is 14.8 Å². The van der Waals surface area contributed by atoms with E-state index in [1.54, 1.807) is 4.90 Å². The largest absolute Gasteiger partial charge is 0.489 e. The second-order valence-electron chi connectivity index (χ2n) is 8.81. The van der Waals surface area contributed by atoms with E-state index in [-0.39, 0.29) is 18.2 Å². The maximum absolute atomic E-state index is 12.5. The van der Waals surface area contributed by atoms with Gasteiger partial charge in [-0.1, -0.05) is 0 Å². The van der Waals surface area contributed by atoms with Crippen molar-refractivity contribution in [3.8, 4) is 16.9 Å². The van der Waals surface area contributed by atoms with E-state index in [1.165, 1.54) is 13.5 Å². The van der Waals surface area contributed by atoms with Crippen molar-refractivity contribution in [3.63, 3.8) is 0 Å². The number of aromatic nitrogens is 2. The molecule has 3 aliphatic rings. The Balaban J connectivity index is 1.57. The molecule has 1 aromatic carbocycles. The highest BCUT2D eigenvalue weighted by atomic mass is 16.5. The van der Waals surface area contributed by atoms with Gasteiger partial charge in [0.05, 0.1) is 31.1 Å². The van der Waals surface area contributed by atoms with Crippen LogP contribution < -0.4 is 15.0 Å². The molecule has 0 spiro atoms. The molecule has 1 saturated heterocycles. The summed E-state index contributed by atoms with van der Waals surface area (Å²) in [5.41, 5.74) is 4.14. The summed E-state index contributed by atoms with van der Waals surface area (Å²) >= 11 is 0. The maximum atomic E-state index is 12.5. The van der Waals surface area contributed by atoms with Crippen molar-refractivity contribution in [1.29, 1.82) is 0 Å². The van der Waals surface area contributed by atoms with Crippen LogP contribution in [-0.4, -0.2) is 47.7 Å². The molecular weight excluding hydrogens is 380 g/mol. The van der Waals surface area contributed by atoms with Gasteiger partial charge in [-0.15, -0.1) is 0 Å². The molecule has 2 fully saturated rings. The van der Waals surface area contributed by atoms with Crippen LogP contribution in [0.2, 0.25) is 0 Å². The monoisotopic (exact) mass is 410 g/mol. The Kier molecular flexibility index (Phi) is 4.93. The van der Waals surface area contributed by atoms with E-state index in [9.17, 15) is 4.79 Å². The number of methoxy groups -OCH3 is 1. The predicted octanol–water partition coefficient (Wildman–Crippen LogP) is 3.92. The molecule has 1 aliphatic carbocycles. The van der Waals surface area contributed by atoms with Gasteiger partial charge in [-0.05, 0) is 58.1 Å². The van der Waals surface area contributed by atoms with Gasteiger partial charge in [-0.25, -0.2) is 4.79 Å². The smallest absolute Gasteiger partial charge is 0.414 e. The SMILES string of the molecule is COC(=O)N1c2ccc(-c3cnn(C4CNC4C)c3)c(OC3CCC3)c2CCC1C. The number of amides is 1. The van der Waals surface area contributed by atoms with E-state index in [1.807, 2.05) is 12.3 Å². The zero-order valence-electron chi connectivity index (χ0n) is 17.9. The topological polar surface area (TPSA) is 68.6 Å². The minimum absolute atomic E-state index is 0.0997. The molecule has 2 aliphatic heterocycles. The Morgan fingerprint density at radius 1 is 1.23 bits per heavy atom. The van der Waals surface area contributed by atoms with Crippen LogP contribution in [0.5, 0.6) is 5.75 Å². The van der Waals surface area contributed by atoms with E-state index >= 15 is 0 Å². The molecule has 30 heavy (non-hydrogen) atoms. The minimum atomic E-state index is -0.315. The number of rotatable bonds is 4. The van der Waals surface area contributed by atoms with Gasteiger partial charge in [-0.3, -0.25) is 9.58 Å². The summed E-state index contributed by atoms with van der Waals surface area (Å²) in [4.78, 5) is 14.3. The fourth-order valence-corrected chi connectivity index (χ4v) is 4.64. The van der Waals surface area contributed by atoms with Gasteiger partial charge in [0.1, 0.15) is 5.75 Å². The Hall–Kier alpha value is -2.54. The van der Waals surface area contributed by atoms with Crippen molar-refractivity contribution < 1.29 is 14.3 Å². The number of fused-ring (bicyclic) bond motifs is 1. The molecule has 1 aromatic heterocycles. The summed E-state index contributed by atoms with van der Waals surface area (Å²) in [6, 6.07) is 5.04. The second kappa shape index (κ2) is 7.61. The highest BCUT2D eigenvalue weighted by Gasteiger charge is 2.34. The zero-order valence-corrected chi connectivity index (χ0v) is 17.9. The summed E-state index contributed by atoms with van der Waals surface area (Å²) in [7, 11) is 1.44. The first-order chi connectivity index (χ1) is 14.6. The molecule has 3 unspecified atom stereocenters. The molecule has 1 amide bonds. The van der Waals surface area contributed by atoms with Crippen molar-refractivity contribution in [3.05, 3.63) is 30.1 Å². The van der Waals surface area contributed by atoms with E-state index < -0.39 is 0 Å². The lowest BCUT2D eigenvalue weighted by molar-refractivity contribution is 0.119. The predicted molar refractivity (Wildman–Crippen MR) is 115 cm³/mol. The minimum Gasteiger partial charge on any atom is -0.489 e. The molecule has 3 atom stereocenters. The number of nitrogens with zero attached hydrogens (tertiary/aromatic N) is 3. The number of anilines is 1. The first-order valence-corrected chi connectivity index (χ1v) is 11.0. The van der Waals surface area contributed by atoms with Crippen LogP contribution >= 0.6 is 0 Å². The molecule has 7 nitrogen and oxygen atoms in total. The van der Waals surface area contributed by atoms with Crippen LogP contribution in [-0.2, 0) is 11.2 Å². The lowest BCUT2D eigenvalue weighted by Crippen LogP contribution is -2.51. The van der Waals surface area contributed by atoms with Crippen LogP contribution in [0.15, 0.2) is 24.5 Å². The van der Waals surface area contributed by atoms with Gasteiger partial charge in [-0.2, -0.15) is 5.10 Å². The zero-order chi connectivity index (χ0) is 20.8. The number of nitrogens with one attached hydrogen (secondary N) is 1. The lowest BCUT2D eigenvalue weighted by atomic mass is 9.91. The van der Waals surface area contributed by atoms with Gasteiger partial charge >= 0.3 is 6.09 Å². The van der Waals surface area contributed by atoms with Gasteiger partial charge in [0, 0.05) is 41.5 Å². The number of benzene rings is 1. The van der Waals surface area contributed by atoms with Crippen molar-refractivity contribution in [1.82, 2.24) is 15.1 Å². The van der Waals surface area contributed by atoms with Crippen LogP contribution in [0.3, 0.4) is 0 Å². The fraction of sp³-hybridized carbons (Fsp3) is 0.565. The summed E-state index contributed by atoms with van der Waals surface area (Å²) in [6.45, 7) is 5.20. The summed E-state index contributed by atoms with van der Waals surface area (Å²) in [6.07, 6.45) is 9.16. The third kappa shape index (κ3) is 3.16. The molecular formula is C23H30N4O3. The van der Waals surface area contributed by atoms with Crippen molar-refractivity contribution >= 4 is 11.8 Å². The molecule has 0 bridgehead atoms. The van der Waals surface area contributed by atoms with Crippen molar-refractivity contribution in [2.75, 3.05) is 18.6 Å². The second-order valence-corrected chi connectivity index (χ2v) is 8.81. The van der Waals surface area contributed by atoms with E-state index in [2.05, 4.69) is 41.2 Å². The fourth-order valence-electron chi connectivity index (χ4n) is 4.64. The molecule has 2 aromatic rings. The molecule has 0 radical (unpaired) electrons. The number of carbonyl (C=O) groups is 1. The number of ether oxygens (including phenoxy) is 2. The first-order valence-electron chi connectivity index (χ1n) is 11.0. The highest BCUT2D eigenvalue weighted by Crippen LogP contribution is 2.44. The van der Waals surface area contributed by atoms with Crippen LogP contribution in [0, 0.1) is 0 Å².